The van der Waals surface area contributed by atoms with Crippen LogP contribution in [-0.2, 0) is 0 Å². The average molecular weight is 371 g/mol. The fourth-order valence-electron chi connectivity index (χ4n) is 1.89. The molecule has 0 amide bonds. The zero-order valence-corrected chi connectivity index (χ0v) is 12.8. The molecule has 2 rings (SSSR count). The van der Waals surface area contributed by atoms with Gasteiger partial charge in [0.25, 0.3) is 0 Å². The van der Waals surface area contributed by atoms with Gasteiger partial charge >= 0.3 is 0 Å². The molecule has 0 aromatic heterocycles. The van der Waals surface area contributed by atoms with Crippen molar-refractivity contribution in [3.05, 3.63) is 68.7 Å². The van der Waals surface area contributed by atoms with E-state index in [-0.39, 0.29) is 16.1 Å². The highest BCUT2D eigenvalue weighted by atomic mass is 79.9. The molecule has 0 radical (unpaired) electrons. The summed E-state index contributed by atoms with van der Waals surface area (Å²) >= 11 is 8.93. The third kappa shape index (κ3) is 3.12. The number of nitrogens with zero attached hydrogens (tertiary/aromatic N) is 1. The highest BCUT2D eigenvalue weighted by Gasteiger charge is 2.28. The summed E-state index contributed by atoms with van der Waals surface area (Å²) in [5, 5.41) is 9.13. The summed E-state index contributed by atoms with van der Waals surface area (Å²) in [6.45, 7) is 0. The molecule has 2 nitrogen and oxygen atoms in total. The maximum absolute atomic E-state index is 13.8. The van der Waals surface area contributed by atoms with Crippen LogP contribution in [0, 0.1) is 23.0 Å². The molecule has 1 unspecified atom stereocenters. The van der Waals surface area contributed by atoms with E-state index in [1.165, 1.54) is 24.3 Å². The Kier molecular flexibility index (Phi) is 4.71. The number of halogens is 4. The van der Waals surface area contributed by atoms with Gasteiger partial charge in [0.15, 0.2) is 5.78 Å². The first kappa shape index (κ1) is 15.6. The van der Waals surface area contributed by atoms with Crippen molar-refractivity contribution in [1.82, 2.24) is 0 Å². The van der Waals surface area contributed by atoms with Crippen LogP contribution in [0.15, 0.2) is 40.9 Å². The number of rotatable bonds is 3. The molecule has 0 aliphatic heterocycles. The Morgan fingerprint density at radius 3 is 2.52 bits per heavy atom. The summed E-state index contributed by atoms with van der Waals surface area (Å²) in [5.74, 6) is -3.91. The van der Waals surface area contributed by atoms with Crippen molar-refractivity contribution < 1.29 is 13.6 Å². The fraction of sp³-hybridized carbons (Fsp3) is 0.0667. The van der Waals surface area contributed by atoms with E-state index in [0.717, 1.165) is 12.1 Å². The zero-order chi connectivity index (χ0) is 15.6. The van der Waals surface area contributed by atoms with Crippen LogP contribution in [0.2, 0.25) is 5.02 Å². The molecule has 2 aromatic rings. The van der Waals surface area contributed by atoms with Crippen LogP contribution >= 0.6 is 27.5 Å². The molecule has 0 aliphatic carbocycles. The predicted molar refractivity (Wildman–Crippen MR) is 78.2 cm³/mol. The Bertz CT molecular complexity index is 738. The number of benzene rings is 2. The fourth-order valence-corrected chi connectivity index (χ4v) is 2.49. The van der Waals surface area contributed by atoms with E-state index in [9.17, 15) is 18.8 Å². The second kappa shape index (κ2) is 6.33. The van der Waals surface area contributed by atoms with Gasteiger partial charge in [-0.2, -0.15) is 5.26 Å². The van der Waals surface area contributed by atoms with Gasteiger partial charge in [0.1, 0.15) is 17.6 Å². The molecule has 0 aliphatic rings. The van der Waals surface area contributed by atoms with Gasteiger partial charge in [-0.15, -0.1) is 0 Å². The lowest BCUT2D eigenvalue weighted by molar-refractivity contribution is 0.0973. The number of hydrogen-bond acceptors (Lipinski definition) is 2. The van der Waals surface area contributed by atoms with Crippen LogP contribution in [-0.4, -0.2) is 5.78 Å². The minimum Gasteiger partial charge on any atom is -0.292 e. The summed E-state index contributed by atoms with van der Waals surface area (Å²) in [6.07, 6.45) is 0. The number of ketones is 1. The molecule has 0 fully saturated rings. The average Bonchev–Trinajstić information content (AvgIpc) is 2.42. The molecule has 0 bridgehead atoms. The minimum absolute atomic E-state index is 0.0487. The summed E-state index contributed by atoms with van der Waals surface area (Å²) in [5.41, 5.74) is -0.530. The molecular weight excluding hydrogens is 364 g/mol. The van der Waals surface area contributed by atoms with Gasteiger partial charge in [-0.05, 0) is 30.3 Å². The molecule has 106 valence electrons. The van der Waals surface area contributed by atoms with Gasteiger partial charge in [-0.3, -0.25) is 4.79 Å². The molecule has 6 heteroatoms. The molecule has 0 N–H and O–H groups in total. The molecule has 1 atom stereocenters. The highest BCUT2D eigenvalue weighted by Crippen LogP contribution is 2.30. The van der Waals surface area contributed by atoms with Crippen molar-refractivity contribution in [1.29, 1.82) is 5.26 Å². The van der Waals surface area contributed by atoms with Crippen LogP contribution in [0.25, 0.3) is 0 Å². The van der Waals surface area contributed by atoms with E-state index < -0.39 is 23.3 Å². The number of carbonyl (C=O) groups excluding carboxylic acids is 1. The third-order valence-corrected chi connectivity index (χ3v) is 3.70. The summed E-state index contributed by atoms with van der Waals surface area (Å²) in [7, 11) is 0. The summed E-state index contributed by atoms with van der Waals surface area (Å²) in [4.78, 5) is 12.3. The van der Waals surface area contributed by atoms with Crippen molar-refractivity contribution in [3.63, 3.8) is 0 Å². The Morgan fingerprint density at radius 2 is 1.95 bits per heavy atom. The van der Waals surface area contributed by atoms with Gasteiger partial charge < -0.3 is 0 Å². The number of hydrogen-bond donors (Lipinski definition) is 0. The molecule has 0 saturated carbocycles. The first-order valence-electron chi connectivity index (χ1n) is 5.78. The second-order valence-electron chi connectivity index (χ2n) is 4.19. The molecule has 2 aromatic carbocycles. The molecule has 21 heavy (non-hydrogen) atoms. The van der Waals surface area contributed by atoms with E-state index in [4.69, 9.17) is 11.6 Å². The zero-order valence-electron chi connectivity index (χ0n) is 10.4. The van der Waals surface area contributed by atoms with Crippen LogP contribution in [0.3, 0.4) is 0 Å². The lowest BCUT2D eigenvalue weighted by Crippen LogP contribution is -2.15. The maximum atomic E-state index is 13.8. The van der Waals surface area contributed by atoms with Crippen molar-refractivity contribution in [3.8, 4) is 6.07 Å². The van der Waals surface area contributed by atoms with Gasteiger partial charge in [0.05, 0.1) is 11.6 Å². The monoisotopic (exact) mass is 369 g/mol. The van der Waals surface area contributed by atoms with Gasteiger partial charge in [0, 0.05) is 15.1 Å². The minimum atomic E-state index is -1.51. The topological polar surface area (TPSA) is 40.9 Å². The molecular formula is C15H7BrClF2NO. The number of Topliss-reactive ketones (excluding diaryl/α,β-unsaturated/α-hetero) is 1. The van der Waals surface area contributed by atoms with Crippen molar-refractivity contribution in [2.45, 2.75) is 5.92 Å². The normalized spacial score (nSPS) is 11.8. The standard InChI is InChI=1S/C15H7BrClF2NO/c16-8-4-5-9(13(19)6-8)15(21)10(7-20)14-11(17)2-1-3-12(14)18/h1-6,10H. The second-order valence-corrected chi connectivity index (χ2v) is 5.51. The van der Waals surface area contributed by atoms with Gasteiger partial charge in [-0.25, -0.2) is 8.78 Å². The van der Waals surface area contributed by atoms with Crippen molar-refractivity contribution in [2.75, 3.05) is 0 Å². The third-order valence-electron chi connectivity index (χ3n) is 2.88. The maximum Gasteiger partial charge on any atom is 0.187 e. The lowest BCUT2D eigenvalue weighted by Gasteiger charge is -2.12. The van der Waals surface area contributed by atoms with E-state index >= 15 is 0 Å². The Labute approximate surface area is 133 Å². The molecule has 0 saturated heterocycles. The van der Waals surface area contributed by atoms with Crippen LogP contribution in [0.5, 0.6) is 0 Å². The largest absolute Gasteiger partial charge is 0.292 e. The van der Waals surface area contributed by atoms with Crippen LogP contribution in [0.4, 0.5) is 8.78 Å². The number of nitriles is 1. The lowest BCUT2D eigenvalue weighted by atomic mass is 9.91. The quantitative estimate of drug-likeness (QED) is 0.723. The van der Waals surface area contributed by atoms with E-state index in [1.54, 1.807) is 6.07 Å². The Balaban J connectivity index is 2.52. The van der Waals surface area contributed by atoms with E-state index in [1.807, 2.05) is 0 Å². The highest BCUT2D eigenvalue weighted by molar-refractivity contribution is 9.10. The molecule has 0 spiro atoms. The van der Waals surface area contributed by atoms with Crippen LogP contribution < -0.4 is 0 Å². The molecule has 0 heterocycles. The smallest absolute Gasteiger partial charge is 0.187 e. The SMILES string of the molecule is N#CC(C(=O)c1ccc(Br)cc1F)c1c(F)cccc1Cl. The first-order chi connectivity index (χ1) is 9.95. The Morgan fingerprint density at radius 1 is 1.24 bits per heavy atom. The first-order valence-corrected chi connectivity index (χ1v) is 6.95. The Hall–Kier alpha value is -1.77. The van der Waals surface area contributed by atoms with Gasteiger partial charge in [0.2, 0.25) is 0 Å². The van der Waals surface area contributed by atoms with Crippen molar-refractivity contribution >= 4 is 33.3 Å². The predicted octanol–water partition coefficient (Wildman–Crippen LogP) is 4.87. The summed E-state index contributed by atoms with van der Waals surface area (Å²) in [6, 6.07) is 9.32. The van der Waals surface area contributed by atoms with Gasteiger partial charge in [-0.1, -0.05) is 33.6 Å². The van der Waals surface area contributed by atoms with Crippen molar-refractivity contribution in [2.24, 2.45) is 0 Å². The van der Waals surface area contributed by atoms with Crippen LogP contribution in [0.1, 0.15) is 21.8 Å². The van der Waals surface area contributed by atoms with E-state index in [0.29, 0.717) is 4.47 Å². The van der Waals surface area contributed by atoms with E-state index in [2.05, 4.69) is 15.9 Å². The number of carbonyl (C=O) groups is 1. The summed E-state index contributed by atoms with van der Waals surface area (Å²) < 4.78 is 28.1.